The zero-order valence-corrected chi connectivity index (χ0v) is 16.6. The van der Waals surface area contributed by atoms with Crippen molar-refractivity contribution < 1.29 is 4.57 Å². The molecule has 0 aliphatic heterocycles. The minimum Gasteiger partial charge on any atom is -0.236 e. The fourth-order valence-electron chi connectivity index (χ4n) is 4.23. The predicted octanol–water partition coefficient (Wildman–Crippen LogP) is 5.66. The molecule has 2 heteroatoms. The Labute approximate surface area is 155 Å². The summed E-state index contributed by atoms with van der Waals surface area (Å²) in [5.41, 5.74) is 7.98. The first-order valence-electron chi connectivity index (χ1n) is 9.39. The maximum atomic E-state index is 2.44. The Bertz CT molecular complexity index is 1150. The second-order valence-corrected chi connectivity index (χ2v) is 7.86. The number of benzene rings is 2. The van der Waals surface area contributed by atoms with Crippen LogP contribution in [-0.2, 0) is 7.05 Å². The second kappa shape index (κ2) is 5.98. The number of hydrogen-bond donors (Lipinski definition) is 0. The van der Waals surface area contributed by atoms with Gasteiger partial charge in [-0.25, -0.2) is 4.57 Å². The van der Waals surface area contributed by atoms with Gasteiger partial charge >= 0.3 is 0 Å². The third kappa shape index (κ3) is 2.44. The lowest BCUT2D eigenvalue weighted by Crippen LogP contribution is -2.33. The molecule has 0 amide bonds. The van der Waals surface area contributed by atoms with Crippen molar-refractivity contribution in [3.63, 3.8) is 0 Å². The Hall–Kier alpha value is -2.61. The van der Waals surface area contributed by atoms with Crippen LogP contribution in [-0.4, -0.2) is 4.57 Å². The van der Waals surface area contributed by atoms with E-state index in [1.165, 1.54) is 49.9 Å². The molecular weight excluding hydrogens is 316 g/mol. The van der Waals surface area contributed by atoms with Gasteiger partial charge in [-0.3, -0.25) is 0 Å². The highest BCUT2D eigenvalue weighted by atomic mass is 15.1. The van der Waals surface area contributed by atoms with Crippen LogP contribution in [0.25, 0.3) is 27.6 Å². The molecule has 4 aromatic rings. The van der Waals surface area contributed by atoms with Gasteiger partial charge in [0.25, 0.3) is 5.82 Å². The van der Waals surface area contributed by atoms with E-state index in [0.717, 1.165) is 0 Å². The summed E-state index contributed by atoms with van der Waals surface area (Å²) < 4.78 is 4.68. The lowest BCUT2D eigenvalue weighted by Gasteiger charge is -2.11. The molecular formula is C24H27N2+. The van der Waals surface area contributed by atoms with Crippen molar-refractivity contribution in [3.05, 3.63) is 70.9 Å². The molecule has 0 aliphatic rings. The Balaban J connectivity index is 2.23. The van der Waals surface area contributed by atoms with E-state index in [9.17, 15) is 0 Å². The number of aryl methyl sites for hydroxylation is 4. The first-order chi connectivity index (χ1) is 12.4. The molecule has 0 N–H and O–H groups in total. The molecule has 2 heterocycles. The van der Waals surface area contributed by atoms with Crippen molar-refractivity contribution in [1.29, 1.82) is 0 Å². The quantitative estimate of drug-likeness (QED) is 0.415. The number of aromatic nitrogens is 2. The third-order valence-electron chi connectivity index (χ3n) is 5.49. The summed E-state index contributed by atoms with van der Waals surface area (Å²) in [7, 11) is 2.14. The molecule has 132 valence electrons. The average molecular weight is 343 g/mol. The molecule has 0 bridgehead atoms. The monoisotopic (exact) mass is 343 g/mol. The molecule has 0 atom stereocenters. The van der Waals surface area contributed by atoms with Gasteiger partial charge < -0.3 is 0 Å². The Morgan fingerprint density at radius 2 is 1.54 bits per heavy atom. The fourth-order valence-corrected chi connectivity index (χ4v) is 4.23. The Morgan fingerprint density at radius 1 is 0.846 bits per heavy atom. The molecule has 2 aromatic carbocycles. The van der Waals surface area contributed by atoms with E-state index in [2.05, 4.69) is 99.5 Å². The zero-order valence-electron chi connectivity index (χ0n) is 16.6. The standard InChI is InChI=1S/C24H27N2/c1-15(2)19-10-11-21-20-9-7-16(3)13-22(20)26(24(21)18(19)5)23-12-8-17(4)14-25(23)6/h7-15H,1-6H3/q+1. The van der Waals surface area contributed by atoms with Crippen LogP contribution in [0.5, 0.6) is 0 Å². The van der Waals surface area contributed by atoms with Gasteiger partial charge in [-0.15, -0.1) is 0 Å². The van der Waals surface area contributed by atoms with Crippen molar-refractivity contribution in [1.82, 2.24) is 4.57 Å². The van der Waals surface area contributed by atoms with E-state index in [1.807, 2.05) is 0 Å². The van der Waals surface area contributed by atoms with Gasteiger partial charge in [0.2, 0.25) is 0 Å². The highest BCUT2D eigenvalue weighted by Gasteiger charge is 2.24. The van der Waals surface area contributed by atoms with Crippen molar-refractivity contribution in [2.45, 2.75) is 40.5 Å². The van der Waals surface area contributed by atoms with Crippen LogP contribution in [0.2, 0.25) is 0 Å². The summed E-state index contributed by atoms with van der Waals surface area (Å²) in [5.74, 6) is 1.71. The number of rotatable bonds is 2. The topological polar surface area (TPSA) is 8.81 Å². The molecule has 26 heavy (non-hydrogen) atoms. The van der Waals surface area contributed by atoms with E-state index < -0.39 is 0 Å². The van der Waals surface area contributed by atoms with E-state index in [0.29, 0.717) is 5.92 Å². The van der Waals surface area contributed by atoms with Crippen molar-refractivity contribution in [2.24, 2.45) is 7.05 Å². The maximum absolute atomic E-state index is 2.44. The summed E-state index contributed by atoms with van der Waals surface area (Å²) in [4.78, 5) is 0. The van der Waals surface area contributed by atoms with Crippen LogP contribution in [0, 0.1) is 20.8 Å². The maximum Gasteiger partial charge on any atom is 0.286 e. The zero-order chi connectivity index (χ0) is 18.6. The van der Waals surface area contributed by atoms with E-state index in [1.54, 1.807) is 0 Å². The molecule has 2 nitrogen and oxygen atoms in total. The van der Waals surface area contributed by atoms with Gasteiger partial charge in [-0.1, -0.05) is 26.0 Å². The largest absolute Gasteiger partial charge is 0.286 e. The molecule has 0 saturated heterocycles. The van der Waals surface area contributed by atoms with Crippen molar-refractivity contribution in [2.75, 3.05) is 0 Å². The van der Waals surface area contributed by atoms with Gasteiger partial charge in [-0.2, -0.15) is 4.57 Å². The second-order valence-electron chi connectivity index (χ2n) is 7.86. The van der Waals surface area contributed by atoms with Crippen LogP contribution in [0.3, 0.4) is 0 Å². The smallest absolute Gasteiger partial charge is 0.236 e. The van der Waals surface area contributed by atoms with Gasteiger partial charge in [-0.05, 0) is 67.6 Å². The number of nitrogens with zero attached hydrogens (tertiary/aromatic N) is 2. The van der Waals surface area contributed by atoms with Crippen molar-refractivity contribution in [3.8, 4) is 5.82 Å². The third-order valence-corrected chi connectivity index (χ3v) is 5.49. The molecule has 4 rings (SSSR count). The average Bonchev–Trinajstić information content (AvgIpc) is 2.89. The fraction of sp³-hybridized carbons (Fsp3) is 0.292. The highest BCUT2D eigenvalue weighted by molar-refractivity contribution is 6.10. The lowest BCUT2D eigenvalue weighted by molar-refractivity contribution is -0.665. The molecule has 0 spiro atoms. The Morgan fingerprint density at radius 3 is 2.23 bits per heavy atom. The summed E-state index contributed by atoms with van der Waals surface area (Å²) in [6, 6.07) is 15.8. The SMILES string of the molecule is Cc1ccc2c3ccc(C(C)C)c(C)c3n(-c3ccc(C)c[n+]3C)c2c1. The van der Waals surface area contributed by atoms with Crippen molar-refractivity contribution >= 4 is 21.8 Å². The van der Waals surface area contributed by atoms with Crippen LogP contribution in [0.1, 0.15) is 42.0 Å². The predicted molar refractivity (Wildman–Crippen MR) is 110 cm³/mol. The molecule has 0 unspecified atom stereocenters. The van der Waals surface area contributed by atoms with E-state index in [4.69, 9.17) is 0 Å². The first-order valence-corrected chi connectivity index (χ1v) is 9.39. The van der Waals surface area contributed by atoms with Gasteiger partial charge in [0.1, 0.15) is 11.0 Å². The summed E-state index contributed by atoms with van der Waals surface area (Å²) >= 11 is 0. The molecule has 0 fully saturated rings. The van der Waals surface area contributed by atoms with Gasteiger partial charge in [0.05, 0.1) is 13.2 Å². The van der Waals surface area contributed by atoms with Gasteiger partial charge in [0, 0.05) is 22.4 Å². The van der Waals surface area contributed by atoms with Gasteiger partial charge in [0.15, 0.2) is 0 Å². The van der Waals surface area contributed by atoms with Crippen LogP contribution < -0.4 is 4.57 Å². The van der Waals surface area contributed by atoms with Crippen LogP contribution in [0.15, 0.2) is 48.7 Å². The molecule has 2 aromatic heterocycles. The lowest BCUT2D eigenvalue weighted by atomic mass is 9.95. The molecule has 0 saturated carbocycles. The molecule has 0 aliphatic carbocycles. The number of hydrogen-bond acceptors (Lipinski definition) is 0. The minimum atomic E-state index is 0.513. The highest BCUT2D eigenvalue weighted by Crippen LogP contribution is 2.36. The Kier molecular flexibility index (Phi) is 3.87. The van der Waals surface area contributed by atoms with E-state index in [-0.39, 0.29) is 0 Å². The minimum absolute atomic E-state index is 0.513. The van der Waals surface area contributed by atoms with Crippen LogP contribution >= 0.6 is 0 Å². The number of pyridine rings is 1. The molecule has 0 radical (unpaired) electrons. The van der Waals surface area contributed by atoms with Crippen LogP contribution in [0.4, 0.5) is 0 Å². The summed E-state index contributed by atoms with van der Waals surface area (Å²) in [6.45, 7) is 11.1. The number of fused-ring (bicyclic) bond motifs is 3. The van der Waals surface area contributed by atoms with E-state index >= 15 is 0 Å². The summed E-state index contributed by atoms with van der Waals surface area (Å²) in [6.07, 6.45) is 2.20. The normalized spacial score (nSPS) is 11.8. The summed E-state index contributed by atoms with van der Waals surface area (Å²) in [5, 5.41) is 2.66. The first kappa shape index (κ1) is 16.8.